The highest BCUT2D eigenvalue weighted by Gasteiger charge is 1.88. The summed E-state index contributed by atoms with van der Waals surface area (Å²) in [6.45, 7) is 0. The van der Waals surface area contributed by atoms with Gasteiger partial charge in [0.1, 0.15) is 0 Å². The predicted molar refractivity (Wildman–Crippen MR) is 49.6 cm³/mol. The summed E-state index contributed by atoms with van der Waals surface area (Å²) >= 11 is 0. The van der Waals surface area contributed by atoms with Gasteiger partial charge in [0.2, 0.25) is 0 Å². The van der Waals surface area contributed by atoms with Crippen LogP contribution in [0.1, 0.15) is 18.4 Å². The zero-order chi connectivity index (χ0) is 8.65. The molecule has 0 saturated heterocycles. The molecule has 0 saturated carbocycles. The lowest BCUT2D eigenvalue weighted by Crippen LogP contribution is -1.82. The van der Waals surface area contributed by atoms with E-state index in [9.17, 15) is 4.39 Å². The molecule has 0 aliphatic carbocycles. The second-order valence-electron chi connectivity index (χ2n) is 2.74. The molecule has 1 aromatic rings. The molecule has 0 radical (unpaired) electrons. The molecule has 0 aliphatic rings. The van der Waals surface area contributed by atoms with Gasteiger partial charge in [0.25, 0.3) is 0 Å². The number of hydrogen-bond donors (Lipinski definition) is 0. The van der Waals surface area contributed by atoms with E-state index < -0.39 is 0 Å². The molecule has 0 nitrogen and oxygen atoms in total. The van der Waals surface area contributed by atoms with Crippen LogP contribution in [0.4, 0.5) is 4.39 Å². The van der Waals surface area contributed by atoms with Crippen molar-refractivity contribution in [3.8, 4) is 0 Å². The van der Waals surface area contributed by atoms with Gasteiger partial charge < -0.3 is 0 Å². The Balaban J connectivity index is 2.24. The SMILES string of the molecule is FC=CCCCc1ccccc1. The summed E-state index contributed by atoms with van der Waals surface area (Å²) in [5, 5.41) is 0. The van der Waals surface area contributed by atoms with Crippen LogP contribution in [0.3, 0.4) is 0 Å². The molecule has 1 aromatic carbocycles. The second-order valence-corrected chi connectivity index (χ2v) is 2.74. The third-order valence-corrected chi connectivity index (χ3v) is 1.77. The molecule has 64 valence electrons. The standard InChI is InChI=1S/C11H13F/c12-10-6-2-5-9-11-7-3-1-4-8-11/h1,3-4,6-8,10H,2,5,9H2. The molecule has 0 unspecified atom stereocenters. The Labute approximate surface area is 72.7 Å². The van der Waals surface area contributed by atoms with E-state index in [4.69, 9.17) is 0 Å². The molecule has 0 atom stereocenters. The first-order valence-electron chi connectivity index (χ1n) is 4.22. The quantitative estimate of drug-likeness (QED) is 0.597. The van der Waals surface area contributed by atoms with Gasteiger partial charge in [-0.1, -0.05) is 36.4 Å². The number of rotatable bonds is 4. The lowest BCUT2D eigenvalue weighted by Gasteiger charge is -1.97. The summed E-state index contributed by atoms with van der Waals surface area (Å²) in [6.07, 6.45) is 5.05. The molecule has 12 heavy (non-hydrogen) atoms. The maximum atomic E-state index is 11.5. The Kier molecular flexibility index (Phi) is 4.14. The predicted octanol–water partition coefficient (Wildman–Crippen LogP) is 3.49. The monoisotopic (exact) mass is 164 g/mol. The van der Waals surface area contributed by atoms with Crippen LogP contribution in [0.5, 0.6) is 0 Å². The summed E-state index contributed by atoms with van der Waals surface area (Å²) in [6, 6.07) is 10.3. The molecule has 0 spiro atoms. The van der Waals surface area contributed by atoms with Crippen LogP contribution in [0, 0.1) is 0 Å². The molecule has 0 N–H and O–H groups in total. The Morgan fingerprint density at radius 1 is 1.17 bits per heavy atom. The molecule has 0 aromatic heterocycles. The average molecular weight is 164 g/mol. The largest absolute Gasteiger partial charge is 0.216 e. The van der Waals surface area contributed by atoms with Crippen molar-refractivity contribution in [2.45, 2.75) is 19.3 Å². The summed E-state index contributed by atoms with van der Waals surface area (Å²) in [5.74, 6) is 0. The van der Waals surface area contributed by atoms with E-state index in [1.807, 2.05) is 18.2 Å². The topological polar surface area (TPSA) is 0 Å². The van der Waals surface area contributed by atoms with Crippen molar-refractivity contribution in [2.75, 3.05) is 0 Å². The molecule has 0 fully saturated rings. The minimum absolute atomic E-state index is 0.616. The zero-order valence-electron chi connectivity index (χ0n) is 7.04. The maximum absolute atomic E-state index is 11.5. The fraction of sp³-hybridized carbons (Fsp3) is 0.273. The smallest absolute Gasteiger partial charge is 0.0827 e. The van der Waals surface area contributed by atoms with E-state index in [0.717, 1.165) is 19.3 Å². The number of halogens is 1. The number of hydrogen-bond acceptors (Lipinski definition) is 0. The van der Waals surface area contributed by atoms with Gasteiger partial charge in [-0.3, -0.25) is 0 Å². The van der Waals surface area contributed by atoms with E-state index in [1.165, 1.54) is 5.56 Å². The van der Waals surface area contributed by atoms with Crippen LogP contribution in [0.2, 0.25) is 0 Å². The fourth-order valence-electron chi connectivity index (χ4n) is 1.13. The third-order valence-electron chi connectivity index (χ3n) is 1.77. The molecule has 0 bridgehead atoms. The van der Waals surface area contributed by atoms with Crippen LogP contribution in [-0.4, -0.2) is 0 Å². The van der Waals surface area contributed by atoms with E-state index in [1.54, 1.807) is 6.08 Å². The summed E-state index contributed by atoms with van der Waals surface area (Å²) in [7, 11) is 0. The van der Waals surface area contributed by atoms with E-state index >= 15 is 0 Å². The lowest BCUT2D eigenvalue weighted by atomic mass is 10.1. The summed E-state index contributed by atoms with van der Waals surface area (Å²) < 4.78 is 11.5. The van der Waals surface area contributed by atoms with Crippen molar-refractivity contribution in [1.29, 1.82) is 0 Å². The van der Waals surface area contributed by atoms with Gasteiger partial charge in [0, 0.05) is 0 Å². The van der Waals surface area contributed by atoms with Gasteiger partial charge >= 0.3 is 0 Å². The van der Waals surface area contributed by atoms with Crippen LogP contribution < -0.4 is 0 Å². The van der Waals surface area contributed by atoms with Crippen LogP contribution >= 0.6 is 0 Å². The highest BCUT2D eigenvalue weighted by molar-refractivity contribution is 5.14. The number of benzene rings is 1. The first kappa shape index (κ1) is 8.98. The van der Waals surface area contributed by atoms with Crippen LogP contribution in [0.15, 0.2) is 42.7 Å². The van der Waals surface area contributed by atoms with Crippen molar-refractivity contribution >= 4 is 0 Å². The first-order chi connectivity index (χ1) is 5.93. The van der Waals surface area contributed by atoms with E-state index in [0.29, 0.717) is 6.33 Å². The third kappa shape index (κ3) is 3.33. The maximum Gasteiger partial charge on any atom is 0.0827 e. The molecular weight excluding hydrogens is 151 g/mol. The second kappa shape index (κ2) is 5.53. The average Bonchev–Trinajstić information content (AvgIpc) is 2.14. The Morgan fingerprint density at radius 3 is 2.58 bits per heavy atom. The summed E-state index contributed by atoms with van der Waals surface area (Å²) in [5.41, 5.74) is 1.32. The van der Waals surface area contributed by atoms with Crippen molar-refractivity contribution in [3.05, 3.63) is 48.3 Å². The van der Waals surface area contributed by atoms with Crippen molar-refractivity contribution in [1.82, 2.24) is 0 Å². The van der Waals surface area contributed by atoms with Crippen molar-refractivity contribution in [2.24, 2.45) is 0 Å². The number of unbranched alkanes of at least 4 members (excludes halogenated alkanes) is 1. The number of aryl methyl sites for hydroxylation is 1. The van der Waals surface area contributed by atoms with Gasteiger partial charge in [0.15, 0.2) is 0 Å². The molecule has 1 rings (SSSR count). The Hall–Kier alpha value is -1.11. The highest BCUT2D eigenvalue weighted by Crippen LogP contribution is 2.04. The van der Waals surface area contributed by atoms with E-state index in [2.05, 4.69) is 12.1 Å². The lowest BCUT2D eigenvalue weighted by molar-refractivity contribution is 0.708. The van der Waals surface area contributed by atoms with E-state index in [-0.39, 0.29) is 0 Å². The Bertz CT molecular complexity index is 226. The fourth-order valence-corrected chi connectivity index (χ4v) is 1.13. The van der Waals surface area contributed by atoms with Crippen molar-refractivity contribution in [3.63, 3.8) is 0 Å². The zero-order valence-corrected chi connectivity index (χ0v) is 7.04. The molecule has 0 aliphatic heterocycles. The molecule has 0 amide bonds. The number of allylic oxidation sites excluding steroid dienone is 1. The minimum atomic E-state index is 0.616. The Morgan fingerprint density at radius 2 is 1.92 bits per heavy atom. The molecule has 0 heterocycles. The van der Waals surface area contributed by atoms with Crippen LogP contribution in [-0.2, 0) is 6.42 Å². The van der Waals surface area contributed by atoms with Gasteiger partial charge in [-0.2, -0.15) is 0 Å². The van der Waals surface area contributed by atoms with Gasteiger partial charge in [-0.25, -0.2) is 4.39 Å². The van der Waals surface area contributed by atoms with Gasteiger partial charge in [-0.05, 0) is 24.8 Å². The van der Waals surface area contributed by atoms with Gasteiger partial charge in [0.05, 0.1) is 6.33 Å². The molecule has 1 heteroatoms. The normalized spacial score (nSPS) is 10.8. The molecular formula is C11H13F. The first-order valence-corrected chi connectivity index (χ1v) is 4.22. The summed E-state index contributed by atoms with van der Waals surface area (Å²) in [4.78, 5) is 0. The van der Waals surface area contributed by atoms with Crippen molar-refractivity contribution < 1.29 is 4.39 Å². The highest BCUT2D eigenvalue weighted by atomic mass is 19.1. The minimum Gasteiger partial charge on any atom is -0.216 e. The van der Waals surface area contributed by atoms with Gasteiger partial charge in [-0.15, -0.1) is 0 Å². The van der Waals surface area contributed by atoms with Crippen LogP contribution in [0.25, 0.3) is 0 Å².